The Hall–Kier alpha value is -1.10. The molecule has 0 atom stereocenters. The molecule has 2 N–H and O–H groups in total. The van der Waals surface area contributed by atoms with Gasteiger partial charge in [-0.2, -0.15) is 0 Å². The quantitative estimate of drug-likeness (QED) is 0.591. The Kier molecular flexibility index (Phi) is 6.24. The van der Waals surface area contributed by atoms with Crippen LogP contribution in [-0.2, 0) is 6.54 Å². The summed E-state index contributed by atoms with van der Waals surface area (Å²) in [5, 5.41) is 10.2. The summed E-state index contributed by atoms with van der Waals surface area (Å²) in [7, 11) is 0. The van der Waals surface area contributed by atoms with E-state index in [1.165, 1.54) is 30.7 Å². The Bertz CT molecular complexity index is 483. The third-order valence-corrected chi connectivity index (χ3v) is 5.80. The van der Waals surface area contributed by atoms with Gasteiger partial charge in [0.15, 0.2) is 5.96 Å². The molecule has 1 heterocycles. The van der Waals surface area contributed by atoms with Crippen molar-refractivity contribution in [3.63, 3.8) is 0 Å². The van der Waals surface area contributed by atoms with Crippen LogP contribution in [-0.4, -0.2) is 24.0 Å². The van der Waals surface area contributed by atoms with Gasteiger partial charge in [-0.1, -0.05) is 27.2 Å². The van der Waals surface area contributed by atoms with Crippen LogP contribution in [0.25, 0.3) is 0 Å². The minimum Gasteiger partial charge on any atom is -0.357 e. The summed E-state index contributed by atoms with van der Waals surface area (Å²) in [6.07, 6.45) is 5.32. The van der Waals surface area contributed by atoms with Gasteiger partial charge in [-0.3, -0.25) is 0 Å². The molecule has 124 valence electrons. The van der Waals surface area contributed by atoms with Crippen molar-refractivity contribution >= 4 is 17.3 Å². The van der Waals surface area contributed by atoms with Crippen LogP contribution < -0.4 is 10.6 Å². The molecular formula is C17H30N4S. The number of hydrogen-bond donors (Lipinski definition) is 2. The van der Waals surface area contributed by atoms with Crippen LogP contribution in [0.1, 0.15) is 70.0 Å². The van der Waals surface area contributed by atoms with Gasteiger partial charge < -0.3 is 10.6 Å². The number of rotatable bonds is 7. The lowest BCUT2D eigenvalue weighted by Gasteiger charge is -2.41. The molecule has 0 aliphatic heterocycles. The van der Waals surface area contributed by atoms with Gasteiger partial charge in [-0.05, 0) is 31.6 Å². The maximum Gasteiger partial charge on any atom is 0.191 e. The van der Waals surface area contributed by atoms with Gasteiger partial charge in [0.25, 0.3) is 0 Å². The van der Waals surface area contributed by atoms with Crippen LogP contribution in [0.15, 0.2) is 10.4 Å². The molecule has 1 aliphatic rings. The van der Waals surface area contributed by atoms with Gasteiger partial charge in [0.05, 0.1) is 17.2 Å². The normalized spacial score (nSPS) is 17.4. The first kappa shape index (κ1) is 17.3. The van der Waals surface area contributed by atoms with Gasteiger partial charge in [0.1, 0.15) is 0 Å². The summed E-state index contributed by atoms with van der Waals surface area (Å²) in [4.78, 5) is 9.34. The summed E-state index contributed by atoms with van der Waals surface area (Å²) in [6.45, 7) is 11.3. The average Bonchev–Trinajstić information content (AvgIpc) is 2.93. The van der Waals surface area contributed by atoms with E-state index in [9.17, 15) is 0 Å². The summed E-state index contributed by atoms with van der Waals surface area (Å²) in [6, 6.07) is 0. The van der Waals surface area contributed by atoms with Gasteiger partial charge in [-0.25, -0.2) is 9.98 Å². The minimum atomic E-state index is 0.497. The Morgan fingerprint density at radius 2 is 2.14 bits per heavy atom. The van der Waals surface area contributed by atoms with Crippen molar-refractivity contribution in [2.24, 2.45) is 10.4 Å². The molecule has 0 saturated heterocycles. The zero-order valence-corrected chi connectivity index (χ0v) is 15.2. The number of guanidine groups is 1. The van der Waals surface area contributed by atoms with E-state index in [2.05, 4.69) is 48.7 Å². The lowest BCUT2D eigenvalue weighted by Crippen LogP contribution is -2.46. The predicted molar refractivity (Wildman–Crippen MR) is 95.6 cm³/mol. The molecule has 1 aromatic heterocycles. The second-order valence-electron chi connectivity index (χ2n) is 6.59. The fraction of sp³-hybridized carbons (Fsp3) is 0.765. The van der Waals surface area contributed by atoms with E-state index < -0.39 is 0 Å². The smallest absolute Gasteiger partial charge is 0.191 e. The molecule has 5 heteroatoms. The van der Waals surface area contributed by atoms with E-state index in [-0.39, 0.29) is 0 Å². The van der Waals surface area contributed by atoms with Crippen molar-refractivity contribution in [3.05, 3.63) is 16.1 Å². The Balaban J connectivity index is 1.91. The van der Waals surface area contributed by atoms with Crippen LogP contribution in [0, 0.1) is 5.41 Å². The van der Waals surface area contributed by atoms with Gasteiger partial charge in [0, 0.05) is 24.4 Å². The maximum atomic E-state index is 4.69. The van der Waals surface area contributed by atoms with E-state index in [0.29, 0.717) is 17.9 Å². The van der Waals surface area contributed by atoms with Crippen LogP contribution >= 0.6 is 11.3 Å². The van der Waals surface area contributed by atoms with Crippen molar-refractivity contribution in [3.8, 4) is 0 Å². The van der Waals surface area contributed by atoms with E-state index in [1.54, 1.807) is 11.3 Å². The molecule has 1 saturated carbocycles. The molecule has 0 unspecified atom stereocenters. The average molecular weight is 323 g/mol. The Morgan fingerprint density at radius 1 is 1.36 bits per heavy atom. The highest BCUT2D eigenvalue weighted by atomic mass is 32.1. The molecule has 2 rings (SSSR count). The molecule has 1 aromatic rings. The fourth-order valence-corrected chi connectivity index (χ4v) is 3.59. The molecular weight excluding hydrogens is 292 g/mol. The Morgan fingerprint density at radius 3 is 2.64 bits per heavy atom. The molecule has 4 nitrogen and oxygen atoms in total. The Labute approximate surface area is 138 Å². The molecule has 1 fully saturated rings. The third kappa shape index (κ3) is 4.45. The van der Waals surface area contributed by atoms with Crippen molar-refractivity contribution in [1.82, 2.24) is 15.6 Å². The van der Waals surface area contributed by atoms with E-state index in [1.807, 2.05) is 0 Å². The molecule has 22 heavy (non-hydrogen) atoms. The maximum absolute atomic E-state index is 4.69. The summed E-state index contributed by atoms with van der Waals surface area (Å²) in [5.41, 5.74) is 1.57. The lowest BCUT2D eigenvalue weighted by atomic mass is 9.67. The standard InChI is InChI=1S/C17H30N4S/c1-5-17(8-7-9-17)12-20-16(18-6-2)19-10-14-11-22-15(21-14)13(3)4/h11,13H,5-10,12H2,1-4H3,(H2,18,19,20). The predicted octanol–water partition coefficient (Wildman–Crippen LogP) is 3.90. The number of thiazole rings is 1. The molecule has 1 aliphatic carbocycles. The van der Waals surface area contributed by atoms with E-state index >= 15 is 0 Å². The van der Waals surface area contributed by atoms with Crippen LogP contribution in [0.3, 0.4) is 0 Å². The zero-order valence-electron chi connectivity index (χ0n) is 14.4. The first-order valence-electron chi connectivity index (χ1n) is 8.55. The number of nitrogens with zero attached hydrogens (tertiary/aromatic N) is 2. The number of nitrogens with one attached hydrogen (secondary N) is 2. The SMILES string of the molecule is CCNC(=NCc1csc(C(C)C)n1)NCC1(CC)CCC1. The second-order valence-corrected chi connectivity index (χ2v) is 7.48. The van der Waals surface area contributed by atoms with Crippen LogP contribution in [0.4, 0.5) is 0 Å². The molecule has 0 bridgehead atoms. The molecule has 0 aromatic carbocycles. The van der Waals surface area contributed by atoms with Crippen molar-refractivity contribution in [2.45, 2.75) is 65.8 Å². The first-order chi connectivity index (χ1) is 10.6. The highest BCUT2D eigenvalue weighted by molar-refractivity contribution is 7.09. The summed E-state index contributed by atoms with van der Waals surface area (Å²) in [5.74, 6) is 1.42. The van der Waals surface area contributed by atoms with E-state index in [0.717, 1.165) is 24.7 Å². The van der Waals surface area contributed by atoms with Crippen LogP contribution in [0.2, 0.25) is 0 Å². The largest absolute Gasteiger partial charge is 0.357 e. The van der Waals surface area contributed by atoms with Gasteiger partial charge >= 0.3 is 0 Å². The summed E-state index contributed by atoms with van der Waals surface area (Å²) < 4.78 is 0. The lowest BCUT2D eigenvalue weighted by molar-refractivity contribution is 0.131. The zero-order chi connectivity index (χ0) is 16.0. The van der Waals surface area contributed by atoms with Crippen molar-refractivity contribution in [2.75, 3.05) is 13.1 Å². The number of aliphatic imine (C=N–C) groups is 1. The first-order valence-corrected chi connectivity index (χ1v) is 9.43. The van der Waals surface area contributed by atoms with Crippen LogP contribution in [0.5, 0.6) is 0 Å². The van der Waals surface area contributed by atoms with E-state index in [4.69, 9.17) is 4.99 Å². The van der Waals surface area contributed by atoms with Gasteiger partial charge in [-0.15, -0.1) is 11.3 Å². The fourth-order valence-electron chi connectivity index (χ4n) is 2.77. The highest BCUT2D eigenvalue weighted by Gasteiger charge is 2.34. The number of hydrogen-bond acceptors (Lipinski definition) is 3. The molecule has 0 spiro atoms. The molecule has 0 radical (unpaired) electrons. The third-order valence-electron chi connectivity index (χ3n) is 4.60. The monoisotopic (exact) mass is 322 g/mol. The van der Waals surface area contributed by atoms with Gasteiger partial charge in [0.2, 0.25) is 0 Å². The van der Waals surface area contributed by atoms with Crippen molar-refractivity contribution < 1.29 is 0 Å². The highest BCUT2D eigenvalue weighted by Crippen LogP contribution is 2.42. The molecule has 0 amide bonds. The number of aromatic nitrogens is 1. The topological polar surface area (TPSA) is 49.3 Å². The second kappa shape index (κ2) is 7.95. The minimum absolute atomic E-state index is 0.497. The van der Waals surface area contributed by atoms with Crippen molar-refractivity contribution in [1.29, 1.82) is 0 Å². The summed E-state index contributed by atoms with van der Waals surface area (Å²) >= 11 is 1.74.